The maximum atomic E-state index is 12.7. The number of urea groups is 1. The van der Waals surface area contributed by atoms with Crippen molar-refractivity contribution in [3.63, 3.8) is 0 Å². The molecule has 3 rings (SSSR count). The molecule has 0 aliphatic carbocycles. The Kier molecular flexibility index (Phi) is 6.29. The summed E-state index contributed by atoms with van der Waals surface area (Å²) in [4.78, 5) is 38.2. The molecule has 0 radical (unpaired) electrons. The summed E-state index contributed by atoms with van der Waals surface area (Å²) >= 11 is 0. The second kappa shape index (κ2) is 9.05. The molecule has 2 aromatic carbocycles. The van der Waals surface area contributed by atoms with Crippen LogP contribution in [0.2, 0.25) is 0 Å². The van der Waals surface area contributed by atoms with E-state index in [-0.39, 0.29) is 12.2 Å². The molecule has 0 saturated carbocycles. The lowest BCUT2D eigenvalue weighted by Crippen LogP contribution is -2.38. The van der Waals surface area contributed by atoms with Crippen LogP contribution < -0.4 is 15.4 Å². The van der Waals surface area contributed by atoms with Crippen molar-refractivity contribution in [2.45, 2.75) is 20.3 Å². The van der Waals surface area contributed by atoms with Gasteiger partial charge in [-0.15, -0.1) is 0 Å². The Morgan fingerprint density at radius 2 is 1.83 bits per heavy atom. The SMILES string of the molecule is CCOc1ccccc1/C=C1/NC(=O)N(CC(=O)Nc2ccccc2CC)C1=O. The fourth-order valence-electron chi connectivity index (χ4n) is 3.04. The number of hydrogen-bond donors (Lipinski definition) is 2. The number of rotatable bonds is 7. The average Bonchev–Trinajstić information content (AvgIpc) is 2.97. The Labute approximate surface area is 169 Å². The Morgan fingerprint density at radius 1 is 1.10 bits per heavy atom. The van der Waals surface area contributed by atoms with Crippen molar-refractivity contribution in [1.82, 2.24) is 10.2 Å². The Bertz CT molecular complexity index is 968. The van der Waals surface area contributed by atoms with Crippen LogP contribution in [-0.4, -0.2) is 35.9 Å². The molecule has 1 saturated heterocycles. The number of carbonyl (C=O) groups excluding carboxylic acids is 3. The van der Waals surface area contributed by atoms with E-state index >= 15 is 0 Å². The van der Waals surface area contributed by atoms with E-state index in [4.69, 9.17) is 4.74 Å². The van der Waals surface area contributed by atoms with Crippen LogP contribution in [0.25, 0.3) is 6.08 Å². The predicted octanol–water partition coefficient (Wildman–Crippen LogP) is 3.18. The summed E-state index contributed by atoms with van der Waals surface area (Å²) in [6, 6.07) is 14.0. The number of nitrogens with one attached hydrogen (secondary N) is 2. The van der Waals surface area contributed by atoms with E-state index < -0.39 is 17.8 Å². The molecular formula is C22H23N3O4. The van der Waals surface area contributed by atoms with Gasteiger partial charge in [-0.25, -0.2) is 9.69 Å². The summed E-state index contributed by atoms with van der Waals surface area (Å²) in [5, 5.41) is 5.29. The van der Waals surface area contributed by atoms with Gasteiger partial charge in [0.05, 0.1) is 6.61 Å². The summed E-state index contributed by atoms with van der Waals surface area (Å²) in [7, 11) is 0. The minimum Gasteiger partial charge on any atom is -0.493 e. The first-order chi connectivity index (χ1) is 14.0. The van der Waals surface area contributed by atoms with E-state index in [1.807, 2.05) is 44.2 Å². The van der Waals surface area contributed by atoms with Gasteiger partial charge in [-0.1, -0.05) is 43.3 Å². The number of aryl methyl sites for hydroxylation is 1. The van der Waals surface area contributed by atoms with Crippen molar-refractivity contribution in [1.29, 1.82) is 0 Å². The Hall–Kier alpha value is -3.61. The van der Waals surface area contributed by atoms with E-state index in [9.17, 15) is 14.4 Å². The maximum absolute atomic E-state index is 12.7. The highest BCUT2D eigenvalue weighted by Crippen LogP contribution is 2.23. The van der Waals surface area contributed by atoms with Gasteiger partial charge in [0.2, 0.25) is 5.91 Å². The van der Waals surface area contributed by atoms with Gasteiger partial charge in [0.15, 0.2) is 0 Å². The summed E-state index contributed by atoms with van der Waals surface area (Å²) in [5.74, 6) is -0.387. The van der Waals surface area contributed by atoms with Crippen LogP contribution in [0.1, 0.15) is 25.0 Å². The molecule has 2 aromatic rings. The van der Waals surface area contributed by atoms with Crippen molar-refractivity contribution in [3.8, 4) is 5.75 Å². The third-order valence-corrected chi connectivity index (χ3v) is 4.46. The number of nitrogens with zero attached hydrogens (tertiary/aromatic N) is 1. The average molecular weight is 393 g/mol. The van der Waals surface area contributed by atoms with Crippen molar-refractivity contribution >= 4 is 29.6 Å². The Balaban J connectivity index is 1.73. The number of ether oxygens (including phenoxy) is 1. The van der Waals surface area contributed by atoms with Crippen molar-refractivity contribution in [2.75, 3.05) is 18.5 Å². The first-order valence-electron chi connectivity index (χ1n) is 9.47. The van der Waals surface area contributed by atoms with Gasteiger partial charge in [-0.2, -0.15) is 0 Å². The highest BCUT2D eigenvalue weighted by molar-refractivity contribution is 6.16. The lowest BCUT2D eigenvalue weighted by molar-refractivity contribution is -0.127. The number of para-hydroxylation sites is 2. The van der Waals surface area contributed by atoms with Crippen molar-refractivity contribution < 1.29 is 19.1 Å². The number of imide groups is 1. The van der Waals surface area contributed by atoms with Gasteiger partial charge >= 0.3 is 6.03 Å². The zero-order chi connectivity index (χ0) is 20.8. The van der Waals surface area contributed by atoms with Gasteiger partial charge < -0.3 is 15.4 Å². The fraction of sp³-hybridized carbons (Fsp3) is 0.227. The lowest BCUT2D eigenvalue weighted by atomic mass is 10.1. The van der Waals surface area contributed by atoms with Crippen molar-refractivity contribution in [3.05, 3.63) is 65.4 Å². The molecule has 0 aromatic heterocycles. The minimum atomic E-state index is -0.630. The molecule has 4 amide bonds. The van der Waals surface area contributed by atoms with Crippen LogP contribution >= 0.6 is 0 Å². The molecule has 0 bridgehead atoms. The largest absolute Gasteiger partial charge is 0.493 e. The van der Waals surface area contributed by atoms with E-state index in [1.54, 1.807) is 24.3 Å². The second-order valence-corrected chi connectivity index (χ2v) is 6.41. The van der Waals surface area contributed by atoms with E-state index in [0.29, 0.717) is 23.6 Å². The Morgan fingerprint density at radius 3 is 2.59 bits per heavy atom. The topological polar surface area (TPSA) is 87.7 Å². The molecule has 150 valence electrons. The zero-order valence-corrected chi connectivity index (χ0v) is 16.4. The van der Waals surface area contributed by atoms with Crippen LogP contribution in [-0.2, 0) is 16.0 Å². The van der Waals surface area contributed by atoms with E-state index in [1.165, 1.54) is 0 Å². The number of benzene rings is 2. The molecule has 2 N–H and O–H groups in total. The number of amides is 4. The van der Waals surface area contributed by atoms with Gasteiger partial charge in [-0.05, 0) is 37.1 Å². The standard InChI is InChI=1S/C22H23N3O4/c1-3-15-9-5-7-11-17(15)23-20(26)14-25-21(27)18(24-22(25)28)13-16-10-6-8-12-19(16)29-4-2/h5-13H,3-4,14H2,1-2H3,(H,23,26)(H,24,28)/b18-13+. The highest BCUT2D eigenvalue weighted by atomic mass is 16.5. The molecule has 1 aliphatic heterocycles. The molecule has 0 atom stereocenters. The van der Waals surface area contributed by atoms with Crippen molar-refractivity contribution in [2.24, 2.45) is 0 Å². The summed E-state index contributed by atoms with van der Waals surface area (Å²) < 4.78 is 5.54. The van der Waals surface area contributed by atoms with Crippen LogP contribution in [0.15, 0.2) is 54.2 Å². The van der Waals surface area contributed by atoms with Crippen LogP contribution in [0.4, 0.5) is 10.5 Å². The van der Waals surface area contributed by atoms with Crippen LogP contribution in [0.3, 0.4) is 0 Å². The highest BCUT2D eigenvalue weighted by Gasteiger charge is 2.35. The summed E-state index contributed by atoms with van der Waals surface area (Å²) in [5.41, 5.74) is 2.42. The molecule has 7 heteroatoms. The first-order valence-corrected chi connectivity index (χ1v) is 9.47. The van der Waals surface area contributed by atoms with Gasteiger partial charge in [0.25, 0.3) is 5.91 Å². The fourth-order valence-corrected chi connectivity index (χ4v) is 3.04. The molecule has 29 heavy (non-hydrogen) atoms. The quantitative estimate of drug-likeness (QED) is 0.559. The lowest BCUT2D eigenvalue weighted by Gasteiger charge is -2.13. The minimum absolute atomic E-state index is 0.101. The third kappa shape index (κ3) is 4.63. The van der Waals surface area contributed by atoms with E-state index in [0.717, 1.165) is 16.9 Å². The van der Waals surface area contributed by atoms with Crippen LogP contribution in [0, 0.1) is 0 Å². The molecule has 1 heterocycles. The molecule has 0 spiro atoms. The van der Waals surface area contributed by atoms with Gasteiger partial charge in [-0.3, -0.25) is 9.59 Å². The number of hydrogen-bond acceptors (Lipinski definition) is 4. The first kappa shape index (κ1) is 20.1. The van der Waals surface area contributed by atoms with Gasteiger partial charge in [0, 0.05) is 11.3 Å². The molecule has 7 nitrogen and oxygen atoms in total. The third-order valence-electron chi connectivity index (χ3n) is 4.46. The molecule has 1 aliphatic rings. The summed E-state index contributed by atoms with van der Waals surface area (Å²) in [6.45, 7) is 3.96. The predicted molar refractivity (Wildman–Crippen MR) is 110 cm³/mol. The monoisotopic (exact) mass is 393 g/mol. The van der Waals surface area contributed by atoms with Gasteiger partial charge in [0.1, 0.15) is 18.0 Å². The normalized spacial score (nSPS) is 14.8. The zero-order valence-electron chi connectivity index (χ0n) is 16.4. The molecule has 0 unspecified atom stereocenters. The summed E-state index contributed by atoms with van der Waals surface area (Å²) in [6.07, 6.45) is 2.31. The van der Waals surface area contributed by atoms with Crippen LogP contribution in [0.5, 0.6) is 5.75 Å². The number of anilines is 1. The molecule has 1 fully saturated rings. The smallest absolute Gasteiger partial charge is 0.329 e. The molecular weight excluding hydrogens is 370 g/mol. The number of carbonyl (C=O) groups is 3. The second-order valence-electron chi connectivity index (χ2n) is 6.41. The maximum Gasteiger partial charge on any atom is 0.329 e. The van der Waals surface area contributed by atoms with E-state index in [2.05, 4.69) is 10.6 Å².